The van der Waals surface area contributed by atoms with Gasteiger partial charge in [0.25, 0.3) is 5.91 Å². The van der Waals surface area contributed by atoms with Crippen LogP contribution in [0.15, 0.2) is 42.7 Å². The third-order valence-electron chi connectivity index (χ3n) is 3.22. The SMILES string of the molecule is Cc1ccc(C)c(N[C@H](NC(=O)c2cccnc2)C(Cl)(Cl)Cl)c1. The maximum atomic E-state index is 12.3. The molecular weight excluding hydrogens is 357 g/mol. The highest BCUT2D eigenvalue weighted by molar-refractivity contribution is 6.68. The Morgan fingerprint density at radius 2 is 1.96 bits per heavy atom. The van der Waals surface area contributed by atoms with Gasteiger partial charge in [-0.15, -0.1) is 0 Å². The number of alkyl halides is 3. The molecule has 7 heteroatoms. The van der Waals surface area contributed by atoms with E-state index in [0.29, 0.717) is 5.56 Å². The van der Waals surface area contributed by atoms with Crippen molar-refractivity contribution in [2.45, 2.75) is 23.8 Å². The Bertz CT molecular complexity index is 687. The summed E-state index contributed by atoms with van der Waals surface area (Å²) in [6.45, 7) is 3.89. The summed E-state index contributed by atoms with van der Waals surface area (Å²) >= 11 is 18.0. The van der Waals surface area contributed by atoms with E-state index in [1.54, 1.807) is 18.3 Å². The quantitative estimate of drug-likeness (QED) is 0.623. The van der Waals surface area contributed by atoms with Crippen LogP contribution in [0.3, 0.4) is 0 Å². The van der Waals surface area contributed by atoms with Gasteiger partial charge < -0.3 is 10.6 Å². The maximum absolute atomic E-state index is 12.3. The largest absolute Gasteiger partial charge is 0.362 e. The molecule has 0 unspecified atom stereocenters. The summed E-state index contributed by atoms with van der Waals surface area (Å²) in [5, 5.41) is 5.76. The second-order valence-electron chi connectivity index (χ2n) is 5.15. The van der Waals surface area contributed by atoms with E-state index in [2.05, 4.69) is 15.6 Å². The first kappa shape index (κ1) is 17.9. The Labute approximate surface area is 150 Å². The van der Waals surface area contributed by atoms with Crippen molar-refractivity contribution < 1.29 is 4.79 Å². The third kappa shape index (κ3) is 4.99. The molecule has 0 spiro atoms. The second-order valence-corrected chi connectivity index (χ2v) is 7.52. The van der Waals surface area contributed by atoms with E-state index in [4.69, 9.17) is 34.8 Å². The molecule has 0 saturated carbocycles. The number of benzene rings is 1. The molecule has 2 N–H and O–H groups in total. The van der Waals surface area contributed by atoms with E-state index in [1.807, 2.05) is 32.0 Å². The van der Waals surface area contributed by atoms with Gasteiger partial charge in [-0.05, 0) is 43.2 Å². The molecule has 4 nitrogen and oxygen atoms in total. The minimum absolute atomic E-state index is 0.382. The Hall–Kier alpha value is -1.49. The van der Waals surface area contributed by atoms with E-state index >= 15 is 0 Å². The summed E-state index contributed by atoms with van der Waals surface area (Å²) in [6.07, 6.45) is 2.13. The van der Waals surface area contributed by atoms with Crippen LogP contribution in [0.25, 0.3) is 0 Å². The maximum Gasteiger partial charge on any atom is 0.254 e. The number of nitrogens with zero attached hydrogens (tertiary/aromatic N) is 1. The lowest BCUT2D eigenvalue weighted by Crippen LogP contribution is -2.49. The Morgan fingerprint density at radius 1 is 1.22 bits per heavy atom. The highest BCUT2D eigenvalue weighted by atomic mass is 35.6. The first-order valence-corrected chi connectivity index (χ1v) is 8.02. The Balaban J connectivity index is 2.21. The zero-order valence-corrected chi connectivity index (χ0v) is 14.9. The molecule has 0 bridgehead atoms. The zero-order chi connectivity index (χ0) is 17.0. The van der Waals surface area contributed by atoms with Gasteiger partial charge in [-0.3, -0.25) is 9.78 Å². The highest BCUT2D eigenvalue weighted by Crippen LogP contribution is 2.32. The summed E-state index contributed by atoms with van der Waals surface area (Å²) < 4.78 is -1.73. The van der Waals surface area contributed by atoms with Crippen LogP contribution >= 0.6 is 34.8 Å². The lowest BCUT2D eigenvalue weighted by Gasteiger charge is -2.28. The summed E-state index contributed by atoms with van der Waals surface area (Å²) in [5.74, 6) is -0.382. The number of anilines is 1. The second kappa shape index (κ2) is 7.39. The topological polar surface area (TPSA) is 54.0 Å². The van der Waals surface area contributed by atoms with Crippen molar-refractivity contribution in [1.29, 1.82) is 0 Å². The van der Waals surface area contributed by atoms with Crippen molar-refractivity contribution in [1.82, 2.24) is 10.3 Å². The number of hydrogen-bond donors (Lipinski definition) is 2. The first-order valence-electron chi connectivity index (χ1n) is 6.89. The predicted octanol–water partition coefficient (Wildman–Crippen LogP) is 4.24. The number of halogens is 3. The van der Waals surface area contributed by atoms with Gasteiger partial charge in [0, 0.05) is 18.1 Å². The van der Waals surface area contributed by atoms with Gasteiger partial charge in [-0.1, -0.05) is 46.9 Å². The molecule has 2 rings (SSSR count). The predicted molar refractivity (Wildman–Crippen MR) is 95.3 cm³/mol. The van der Waals surface area contributed by atoms with Gasteiger partial charge in [-0.2, -0.15) is 0 Å². The van der Waals surface area contributed by atoms with Crippen LogP contribution in [0.2, 0.25) is 0 Å². The minimum Gasteiger partial charge on any atom is -0.362 e. The summed E-state index contributed by atoms with van der Waals surface area (Å²) in [6, 6.07) is 9.16. The van der Waals surface area contributed by atoms with Crippen molar-refractivity contribution in [3.05, 3.63) is 59.4 Å². The minimum atomic E-state index is -1.73. The van der Waals surface area contributed by atoms with Crippen molar-refractivity contribution in [3.63, 3.8) is 0 Å². The Morgan fingerprint density at radius 3 is 2.57 bits per heavy atom. The van der Waals surface area contributed by atoms with Crippen LogP contribution in [0.5, 0.6) is 0 Å². The molecule has 0 aliphatic heterocycles. The molecule has 1 aromatic heterocycles. The molecule has 1 atom stereocenters. The average molecular weight is 373 g/mol. The molecule has 1 aromatic carbocycles. The van der Waals surface area contributed by atoms with Crippen LogP contribution in [0, 0.1) is 13.8 Å². The van der Waals surface area contributed by atoms with E-state index in [0.717, 1.165) is 16.8 Å². The van der Waals surface area contributed by atoms with Gasteiger partial charge in [0.05, 0.1) is 5.56 Å². The summed E-state index contributed by atoms with van der Waals surface area (Å²) in [5.41, 5.74) is 3.20. The fourth-order valence-corrected chi connectivity index (χ4v) is 2.29. The number of nitrogens with one attached hydrogen (secondary N) is 2. The molecule has 0 aliphatic rings. The van der Waals surface area contributed by atoms with Crippen molar-refractivity contribution in [2.24, 2.45) is 0 Å². The van der Waals surface area contributed by atoms with Crippen LogP contribution in [0.4, 0.5) is 5.69 Å². The van der Waals surface area contributed by atoms with Gasteiger partial charge in [0.2, 0.25) is 3.79 Å². The fourth-order valence-electron chi connectivity index (χ4n) is 1.96. The fraction of sp³-hybridized carbons (Fsp3) is 0.250. The molecule has 0 radical (unpaired) electrons. The van der Waals surface area contributed by atoms with Crippen LogP contribution in [0.1, 0.15) is 21.5 Å². The normalized spacial score (nSPS) is 12.6. The van der Waals surface area contributed by atoms with Crippen LogP contribution < -0.4 is 10.6 Å². The van der Waals surface area contributed by atoms with Crippen molar-refractivity contribution >= 4 is 46.4 Å². The molecule has 1 heterocycles. The number of carbonyl (C=O) groups excluding carboxylic acids is 1. The van der Waals surface area contributed by atoms with Crippen LogP contribution in [-0.4, -0.2) is 20.8 Å². The molecule has 0 fully saturated rings. The molecule has 2 aromatic rings. The smallest absolute Gasteiger partial charge is 0.254 e. The van der Waals surface area contributed by atoms with E-state index in [9.17, 15) is 4.79 Å². The van der Waals surface area contributed by atoms with Crippen LogP contribution in [-0.2, 0) is 0 Å². The number of hydrogen-bond acceptors (Lipinski definition) is 3. The van der Waals surface area contributed by atoms with Crippen molar-refractivity contribution in [2.75, 3.05) is 5.32 Å². The number of carbonyl (C=O) groups is 1. The lowest BCUT2D eigenvalue weighted by molar-refractivity contribution is 0.0941. The average Bonchev–Trinajstić information content (AvgIpc) is 2.50. The number of pyridine rings is 1. The van der Waals surface area contributed by atoms with Gasteiger partial charge in [-0.25, -0.2) is 0 Å². The third-order valence-corrected chi connectivity index (χ3v) is 3.87. The zero-order valence-electron chi connectivity index (χ0n) is 12.6. The summed E-state index contributed by atoms with van der Waals surface area (Å²) in [4.78, 5) is 16.2. The van der Waals surface area contributed by atoms with Gasteiger partial charge in [0.15, 0.2) is 0 Å². The standard InChI is InChI=1S/C16H16Cl3N3O/c1-10-5-6-11(2)13(8-10)21-15(16(17,18)19)22-14(23)12-4-3-7-20-9-12/h3-9,15,21H,1-2H3,(H,22,23)/t15-/m1/s1. The highest BCUT2D eigenvalue weighted by Gasteiger charge is 2.34. The van der Waals surface area contributed by atoms with E-state index in [1.165, 1.54) is 6.20 Å². The van der Waals surface area contributed by atoms with Crippen molar-refractivity contribution in [3.8, 4) is 0 Å². The van der Waals surface area contributed by atoms with E-state index in [-0.39, 0.29) is 5.91 Å². The number of amides is 1. The van der Waals surface area contributed by atoms with E-state index < -0.39 is 9.96 Å². The Kier molecular flexibility index (Phi) is 5.74. The monoisotopic (exact) mass is 371 g/mol. The first-order chi connectivity index (χ1) is 10.8. The molecule has 122 valence electrons. The number of aryl methyl sites for hydroxylation is 2. The molecule has 23 heavy (non-hydrogen) atoms. The molecule has 0 aliphatic carbocycles. The lowest BCUT2D eigenvalue weighted by atomic mass is 10.1. The number of rotatable bonds is 4. The number of aromatic nitrogens is 1. The van der Waals surface area contributed by atoms with Gasteiger partial charge in [0.1, 0.15) is 6.17 Å². The summed E-state index contributed by atoms with van der Waals surface area (Å²) in [7, 11) is 0. The molecule has 1 amide bonds. The van der Waals surface area contributed by atoms with Gasteiger partial charge >= 0.3 is 0 Å². The molecular formula is C16H16Cl3N3O. The molecule has 0 saturated heterocycles.